The number of nitrogens with one attached hydrogen (secondary N) is 4. The summed E-state index contributed by atoms with van der Waals surface area (Å²) in [7, 11) is 0. The van der Waals surface area contributed by atoms with E-state index in [0.29, 0.717) is 99.6 Å². The van der Waals surface area contributed by atoms with Gasteiger partial charge in [0.2, 0.25) is 11.8 Å². The van der Waals surface area contributed by atoms with E-state index in [-0.39, 0.29) is 60.9 Å². The highest BCUT2D eigenvalue weighted by molar-refractivity contribution is 6.07. The number of rotatable bonds is 17. The van der Waals surface area contributed by atoms with E-state index < -0.39 is 48.2 Å². The number of β-amino-alcohol motifs (C(OH)–C–C–N with tert-alkyl or cyclic N) is 1. The highest BCUT2D eigenvalue weighted by Crippen LogP contribution is 2.54. The van der Waals surface area contributed by atoms with Crippen molar-refractivity contribution in [1.29, 1.82) is 0 Å². The Kier molecular flexibility index (Phi) is 14.0. The average molecular weight is 1190 g/mol. The number of halogens is 1. The van der Waals surface area contributed by atoms with Gasteiger partial charge in [0.25, 0.3) is 5.56 Å². The van der Waals surface area contributed by atoms with E-state index in [0.717, 1.165) is 71.5 Å². The van der Waals surface area contributed by atoms with Gasteiger partial charge in [0.05, 0.1) is 55.1 Å². The Morgan fingerprint density at radius 1 is 0.932 bits per heavy atom. The van der Waals surface area contributed by atoms with Crippen LogP contribution in [0.2, 0.25) is 0 Å². The lowest BCUT2D eigenvalue weighted by Crippen LogP contribution is -2.50. The smallest absolute Gasteiger partial charge is 0.319 e. The van der Waals surface area contributed by atoms with Crippen LogP contribution in [0.5, 0.6) is 11.8 Å². The van der Waals surface area contributed by atoms with Crippen LogP contribution in [0.3, 0.4) is 0 Å². The van der Waals surface area contributed by atoms with Crippen molar-refractivity contribution in [2.45, 2.75) is 128 Å². The predicted octanol–water partition coefficient (Wildman–Crippen LogP) is 6.92. The number of ether oxygens (including phenoxy) is 3. The zero-order chi connectivity index (χ0) is 60.2. The molecule has 88 heavy (non-hydrogen) atoms. The van der Waals surface area contributed by atoms with Gasteiger partial charge in [-0.3, -0.25) is 33.2 Å². The van der Waals surface area contributed by atoms with Crippen LogP contribution in [0.4, 0.5) is 10.2 Å². The number of aryl methyl sites for hydroxylation is 1. The lowest BCUT2D eigenvalue weighted by molar-refractivity contribution is -0.142. The van der Waals surface area contributed by atoms with E-state index in [9.17, 15) is 24.6 Å². The molecule has 2 amide bonds. The van der Waals surface area contributed by atoms with Crippen molar-refractivity contribution in [3.63, 3.8) is 0 Å². The van der Waals surface area contributed by atoms with Crippen LogP contribution in [0, 0.1) is 18.7 Å². The maximum atomic E-state index is 16.3. The molecule has 7 aromatic heterocycles. The number of aliphatic hydroxyl groups is 2. The molecule has 454 valence electrons. The van der Waals surface area contributed by atoms with Crippen LogP contribution < -0.4 is 30.6 Å². The number of H-pyrrole nitrogens is 2. The van der Waals surface area contributed by atoms with Crippen LogP contribution in [0.1, 0.15) is 99.6 Å². The second kappa shape index (κ2) is 22.1. The summed E-state index contributed by atoms with van der Waals surface area (Å²) in [4.78, 5) is 65.5. The number of carbonyl (C=O) groups is 2. The fraction of sp³-hybridized carbons (Fsp3) is 0.422. The Labute approximate surface area is 503 Å². The second-order valence-electron chi connectivity index (χ2n) is 24.6. The van der Waals surface area contributed by atoms with E-state index in [1.165, 1.54) is 15.6 Å². The molecule has 0 unspecified atom stereocenters. The topological polar surface area (TPSA) is 273 Å². The zero-order valence-electron chi connectivity index (χ0n) is 49.2. The first-order valence-corrected chi connectivity index (χ1v) is 30.6. The molecule has 0 spiro atoms. The first-order chi connectivity index (χ1) is 42.8. The summed E-state index contributed by atoms with van der Waals surface area (Å²) in [6, 6.07) is 12.8. The Morgan fingerprint density at radius 2 is 1.78 bits per heavy atom. The maximum absolute atomic E-state index is 16.3. The van der Waals surface area contributed by atoms with E-state index >= 15 is 4.39 Å². The number of amides is 2. The molecule has 4 saturated heterocycles. The number of hydrogen-bond acceptors (Lipinski definition) is 16. The van der Waals surface area contributed by atoms with E-state index in [4.69, 9.17) is 29.3 Å². The predicted molar refractivity (Wildman–Crippen MR) is 326 cm³/mol. The monoisotopic (exact) mass is 1190 g/mol. The summed E-state index contributed by atoms with van der Waals surface area (Å²) in [5.41, 5.74) is 7.63. The van der Waals surface area contributed by atoms with Gasteiger partial charge in [-0.2, -0.15) is 25.3 Å². The second-order valence-corrected chi connectivity index (χ2v) is 24.6. The van der Waals surface area contributed by atoms with Gasteiger partial charge in [-0.05, 0) is 92.0 Å². The third-order valence-electron chi connectivity index (χ3n) is 18.6. The highest BCUT2D eigenvalue weighted by Gasteiger charge is 2.44. The van der Waals surface area contributed by atoms with Crippen molar-refractivity contribution in [3.8, 4) is 34.3 Å². The molecule has 1 saturated carbocycles. The summed E-state index contributed by atoms with van der Waals surface area (Å²) >= 11 is 0. The number of anilines is 1. The number of likely N-dealkylation sites (tertiary alicyclic amines) is 1. The summed E-state index contributed by atoms with van der Waals surface area (Å²) in [6.07, 6.45) is 11.7. The van der Waals surface area contributed by atoms with Crippen molar-refractivity contribution in [2.24, 2.45) is 5.92 Å². The number of carbonyl (C=O) groups excluding carboxylic acids is 2. The molecule has 6 N–H and O–H groups in total. The van der Waals surface area contributed by atoms with Gasteiger partial charge in [0, 0.05) is 126 Å². The van der Waals surface area contributed by atoms with Gasteiger partial charge in [0.1, 0.15) is 47.6 Å². The molecule has 5 aliphatic rings. The zero-order valence-corrected chi connectivity index (χ0v) is 49.2. The van der Waals surface area contributed by atoms with Crippen molar-refractivity contribution in [3.05, 3.63) is 118 Å². The Morgan fingerprint density at radius 3 is 2.56 bits per heavy atom. The normalized spacial score (nSPS) is 20.5. The van der Waals surface area contributed by atoms with Crippen LogP contribution in [-0.2, 0) is 27.5 Å². The largest absolute Gasteiger partial charge is 0.486 e. The van der Waals surface area contributed by atoms with E-state index in [2.05, 4.69) is 46.9 Å². The van der Waals surface area contributed by atoms with Gasteiger partial charge in [-0.15, -0.1) is 0 Å². The summed E-state index contributed by atoms with van der Waals surface area (Å²) in [5, 5.41) is 47.8. The van der Waals surface area contributed by atoms with Crippen molar-refractivity contribution in [1.82, 2.24) is 69.6 Å². The molecule has 24 heteroatoms. The van der Waals surface area contributed by atoms with Crippen molar-refractivity contribution in [2.75, 3.05) is 44.4 Å². The van der Waals surface area contributed by atoms with Gasteiger partial charge >= 0.3 is 6.01 Å². The Bertz CT molecular complexity index is 4470. The standard InChI is InChI=1S/C64H68FN15O8/c1-5-79-51(12-15-69-79)50-11-10-41(59-66-16-17-76(50)59)49(30-81)71-61(83)52-22-38(82)28-78(52)63(85)57(32(2)3)80-29-45-40-9-6-34(20-47(40)70-62(84)56(45)75-80)31-87-58-54(53-33(4)46(65)24-48-44(53)26-68-74-48)42(35-7-8-35)23-43-55(58)72-64(88-39-13-18-86-19-14-39)73-60(43)77-27-36-21-37(77)25-67-36/h6,9-12,15-17,20,23-24,26,29,32,35-39,49,52,57,67,81-82H,5,7-8,13-14,18-19,21-22,25,27-28,30-31H2,1-4H3,(H,68,74)(H,70,84)(H,71,83)/t36-,37-,38+,49-,52-,57-/m0/s1. The highest BCUT2D eigenvalue weighted by atomic mass is 19.1. The number of piperazine rings is 1. The number of imidazole rings is 1. The number of hydrogen-bond donors (Lipinski definition) is 6. The molecule has 0 radical (unpaired) electrons. The number of aromatic nitrogens is 11. The lowest BCUT2D eigenvalue weighted by Gasteiger charge is -2.31. The van der Waals surface area contributed by atoms with E-state index in [1.54, 1.807) is 31.7 Å². The molecule has 5 fully saturated rings. The van der Waals surface area contributed by atoms with Crippen molar-refractivity contribution < 1.29 is 38.4 Å². The first kappa shape index (κ1) is 55.7. The lowest BCUT2D eigenvalue weighted by atomic mass is 9.88. The molecule has 3 aromatic carbocycles. The van der Waals surface area contributed by atoms with Gasteiger partial charge in [0.15, 0.2) is 11.3 Å². The number of nitrogens with zero attached hydrogens (tertiary/aromatic N) is 11. The minimum absolute atomic E-state index is 0.0216. The SMILES string of the molecule is CCn1nccc1-c1ccc([C@H](CO)NC(=O)[C@@H]2C[C@@H](O)CN2C(=O)[C@H](C(C)C)n2cc3c(n2)c(=O)[nH]c2cc(COc4c(-c5c(C)c(F)cc6[nH]ncc56)c(C5CC5)cc5c(N6C[C@@H]7C[C@H]6CN7)nc(OC6CCOCC6)nc45)ccc23)c2nccn12. The minimum atomic E-state index is -1.09. The molecule has 11 heterocycles. The van der Waals surface area contributed by atoms with Crippen LogP contribution >= 0.6 is 0 Å². The number of benzene rings is 3. The number of aliphatic hydroxyl groups excluding tert-OH is 2. The molecular weight excluding hydrogens is 1130 g/mol. The quantitative estimate of drug-likeness (QED) is 0.0540. The van der Waals surface area contributed by atoms with Crippen LogP contribution in [-0.4, -0.2) is 151 Å². The third kappa shape index (κ3) is 9.58. The molecule has 10 aromatic rings. The van der Waals surface area contributed by atoms with Crippen LogP contribution in [0.15, 0.2) is 84.3 Å². The molecular formula is C64H68FN15O8. The number of fused-ring (bicyclic) bond motifs is 8. The fourth-order valence-corrected chi connectivity index (χ4v) is 14.1. The summed E-state index contributed by atoms with van der Waals surface area (Å²) < 4.78 is 41.1. The fourth-order valence-electron chi connectivity index (χ4n) is 14.1. The molecule has 15 rings (SSSR count). The summed E-state index contributed by atoms with van der Waals surface area (Å²) in [5.74, 6) is -0.361. The van der Waals surface area contributed by atoms with Gasteiger partial charge < -0.3 is 49.8 Å². The molecule has 6 atom stereocenters. The summed E-state index contributed by atoms with van der Waals surface area (Å²) in [6.45, 7) is 10.4. The number of aromatic amines is 2. The molecule has 2 bridgehead atoms. The van der Waals surface area contributed by atoms with Gasteiger partial charge in [-0.25, -0.2) is 9.37 Å². The number of pyridine rings is 2. The maximum Gasteiger partial charge on any atom is 0.319 e. The van der Waals surface area contributed by atoms with Crippen molar-refractivity contribution >= 4 is 66.9 Å². The first-order valence-electron chi connectivity index (χ1n) is 30.6. The Balaban J connectivity index is 0.758. The molecule has 4 aliphatic heterocycles. The van der Waals surface area contributed by atoms with Crippen LogP contribution in [0.25, 0.3) is 71.8 Å². The average Bonchev–Trinajstić information content (AvgIpc) is 1.43. The molecule has 1 aliphatic carbocycles. The van der Waals surface area contributed by atoms with E-state index in [1.807, 2.05) is 72.4 Å². The minimum Gasteiger partial charge on any atom is -0.486 e. The Hall–Kier alpha value is -8.84. The van der Waals surface area contributed by atoms with Gasteiger partial charge in [-0.1, -0.05) is 32.0 Å². The third-order valence-corrected chi connectivity index (χ3v) is 18.6. The molecule has 23 nitrogen and oxygen atoms in total.